The summed E-state index contributed by atoms with van der Waals surface area (Å²) in [6.45, 7) is 3.66. The summed E-state index contributed by atoms with van der Waals surface area (Å²) in [6, 6.07) is 0.900. The molecule has 0 bridgehead atoms. The summed E-state index contributed by atoms with van der Waals surface area (Å²) in [5.41, 5.74) is 0.721. The molecule has 0 spiro atoms. The minimum atomic E-state index is 0.721. The molecule has 21 heavy (non-hydrogen) atoms. The molecule has 0 saturated heterocycles. The lowest BCUT2D eigenvalue weighted by Gasteiger charge is -2.31. The SMILES string of the molecule is CCCCCCCCCCC1(CNC2CC2)CC2CC2C1. The first-order valence-electron chi connectivity index (χ1n) is 10.0. The van der Waals surface area contributed by atoms with Gasteiger partial charge in [-0.1, -0.05) is 58.3 Å². The van der Waals surface area contributed by atoms with Crippen molar-refractivity contribution >= 4 is 0 Å². The first-order valence-corrected chi connectivity index (χ1v) is 10.0. The van der Waals surface area contributed by atoms with Crippen molar-refractivity contribution in [3.63, 3.8) is 0 Å². The highest BCUT2D eigenvalue weighted by Crippen LogP contribution is 2.61. The standard InChI is InChI=1S/C20H37N/c1-2-3-4-5-6-7-8-9-12-20(16-21-19-10-11-19)14-17-13-18(17)15-20/h17-19,21H,2-16H2,1H3. The van der Waals surface area contributed by atoms with Crippen LogP contribution in [0.3, 0.4) is 0 Å². The van der Waals surface area contributed by atoms with Crippen LogP contribution < -0.4 is 5.32 Å². The molecule has 122 valence electrons. The lowest BCUT2D eigenvalue weighted by Crippen LogP contribution is -2.34. The third-order valence-electron chi connectivity index (χ3n) is 6.36. The average molecular weight is 292 g/mol. The number of unbranched alkanes of at least 4 members (excludes halogenated alkanes) is 7. The number of nitrogens with one attached hydrogen (secondary N) is 1. The van der Waals surface area contributed by atoms with Gasteiger partial charge in [0.25, 0.3) is 0 Å². The van der Waals surface area contributed by atoms with E-state index in [-0.39, 0.29) is 0 Å². The van der Waals surface area contributed by atoms with Crippen LogP contribution in [0.1, 0.15) is 96.8 Å². The number of rotatable bonds is 12. The van der Waals surface area contributed by atoms with E-state index >= 15 is 0 Å². The molecule has 1 heteroatoms. The smallest absolute Gasteiger partial charge is 0.00684 e. The minimum Gasteiger partial charge on any atom is -0.313 e. The van der Waals surface area contributed by atoms with Crippen LogP contribution in [0.15, 0.2) is 0 Å². The fourth-order valence-electron chi connectivity index (χ4n) is 4.73. The van der Waals surface area contributed by atoms with Gasteiger partial charge in [0.15, 0.2) is 0 Å². The molecule has 0 aromatic rings. The maximum absolute atomic E-state index is 3.86. The van der Waals surface area contributed by atoms with Gasteiger partial charge in [-0.15, -0.1) is 0 Å². The van der Waals surface area contributed by atoms with Crippen LogP contribution in [0.4, 0.5) is 0 Å². The number of fused-ring (bicyclic) bond motifs is 1. The van der Waals surface area contributed by atoms with Crippen molar-refractivity contribution in [2.24, 2.45) is 17.3 Å². The largest absolute Gasteiger partial charge is 0.313 e. The van der Waals surface area contributed by atoms with Crippen molar-refractivity contribution in [3.05, 3.63) is 0 Å². The van der Waals surface area contributed by atoms with Crippen molar-refractivity contribution in [3.8, 4) is 0 Å². The molecule has 3 aliphatic rings. The molecule has 1 N–H and O–H groups in total. The molecule has 2 atom stereocenters. The summed E-state index contributed by atoms with van der Waals surface area (Å²) in [5, 5.41) is 3.86. The zero-order chi connectivity index (χ0) is 14.5. The Kier molecular flexibility index (Phi) is 5.65. The van der Waals surface area contributed by atoms with Crippen LogP contribution in [0.5, 0.6) is 0 Å². The summed E-state index contributed by atoms with van der Waals surface area (Å²) in [6.07, 6.45) is 20.8. The van der Waals surface area contributed by atoms with Crippen molar-refractivity contribution in [1.29, 1.82) is 0 Å². The van der Waals surface area contributed by atoms with E-state index in [1.54, 1.807) is 19.3 Å². The second-order valence-electron chi connectivity index (χ2n) is 8.54. The summed E-state index contributed by atoms with van der Waals surface area (Å²) < 4.78 is 0. The molecule has 3 aliphatic carbocycles. The van der Waals surface area contributed by atoms with E-state index in [0.29, 0.717) is 0 Å². The fourth-order valence-corrected chi connectivity index (χ4v) is 4.73. The topological polar surface area (TPSA) is 12.0 Å². The predicted molar refractivity (Wildman–Crippen MR) is 91.5 cm³/mol. The van der Waals surface area contributed by atoms with Crippen LogP contribution in [0.2, 0.25) is 0 Å². The molecule has 3 saturated carbocycles. The molecule has 3 rings (SSSR count). The normalized spacial score (nSPS) is 34.1. The Labute approximate surface area is 132 Å². The number of hydrogen-bond donors (Lipinski definition) is 1. The highest BCUT2D eigenvalue weighted by molar-refractivity contribution is 5.04. The second kappa shape index (κ2) is 7.49. The summed E-state index contributed by atoms with van der Waals surface area (Å²) in [7, 11) is 0. The van der Waals surface area contributed by atoms with Gasteiger partial charge in [0.2, 0.25) is 0 Å². The fraction of sp³-hybridized carbons (Fsp3) is 1.00. The van der Waals surface area contributed by atoms with Gasteiger partial charge in [-0.3, -0.25) is 0 Å². The van der Waals surface area contributed by atoms with E-state index < -0.39 is 0 Å². The Bertz CT molecular complexity index is 297. The maximum Gasteiger partial charge on any atom is 0.00684 e. The molecule has 0 amide bonds. The summed E-state index contributed by atoms with van der Waals surface area (Å²) in [4.78, 5) is 0. The van der Waals surface area contributed by atoms with Crippen LogP contribution in [0, 0.1) is 17.3 Å². The van der Waals surface area contributed by atoms with Crippen LogP contribution >= 0.6 is 0 Å². The van der Waals surface area contributed by atoms with E-state index in [2.05, 4.69) is 12.2 Å². The molecule has 0 heterocycles. The van der Waals surface area contributed by atoms with Crippen molar-refractivity contribution in [2.45, 2.75) is 103 Å². The lowest BCUT2D eigenvalue weighted by atomic mass is 9.78. The van der Waals surface area contributed by atoms with Crippen LogP contribution in [-0.2, 0) is 0 Å². The molecule has 2 unspecified atom stereocenters. The van der Waals surface area contributed by atoms with E-state index in [4.69, 9.17) is 0 Å². The van der Waals surface area contributed by atoms with Gasteiger partial charge in [-0.05, 0) is 55.8 Å². The quantitative estimate of drug-likeness (QED) is 0.456. The summed E-state index contributed by atoms with van der Waals surface area (Å²) in [5.74, 6) is 2.28. The Morgan fingerprint density at radius 3 is 2.10 bits per heavy atom. The first-order chi connectivity index (χ1) is 10.3. The van der Waals surface area contributed by atoms with Crippen LogP contribution in [0.25, 0.3) is 0 Å². The molecular formula is C20H37N. The predicted octanol–water partition coefficient (Wildman–Crippen LogP) is 5.69. The molecule has 0 aromatic heterocycles. The molecular weight excluding hydrogens is 254 g/mol. The van der Waals surface area contributed by atoms with Gasteiger partial charge >= 0.3 is 0 Å². The van der Waals surface area contributed by atoms with Crippen LogP contribution in [-0.4, -0.2) is 12.6 Å². The van der Waals surface area contributed by atoms with Gasteiger partial charge in [-0.25, -0.2) is 0 Å². The maximum atomic E-state index is 3.86. The molecule has 3 fully saturated rings. The Balaban J connectivity index is 1.27. The van der Waals surface area contributed by atoms with E-state index in [0.717, 1.165) is 23.3 Å². The highest BCUT2D eigenvalue weighted by Gasteiger charge is 2.53. The molecule has 0 radical (unpaired) electrons. The Morgan fingerprint density at radius 2 is 1.48 bits per heavy atom. The molecule has 1 nitrogen and oxygen atoms in total. The van der Waals surface area contributed by atoms with Gasteiger partial charge in [0.05, 0.1) is 0 Å². The van der Waals surface area contributed by atoms with Crippen molar-refractivity contribution in [2.75, 3.05) is 6.54 Å². The number of hydrogen-bond acceptors (Lipinski definition) is 1. The minimum absolute atomic E-state index is 0.721. The van der Waals surface area contributed by atoms with E-state index in [9.17, 15) is 0 Å². The van der Waals surface area contributed by atoms with Gasteiger partial charge < -0.3 is 5.32 Å². The third-order valence-corrected chi connectivity index (χ3v) is 6.36. The Morgan fingerprint density at radius 1 is 0.857 bits per heavy atom. The lowest BCUT2D eigenvalue weighted by molar-refractivity contribution is 0.221. The monoisotopic (exact) mass is 291 g/mol. The zero-order valence-electron chi connectivity index (χ0n) is 14.3. The first kappa shape index (κ1) is 15.8. The molecule has 0 aliphatic heterocycles. The van der Waals surface area contributed by atoms with Gasteiger partial charge in [0.1, 0.15) is 0 Å². The van der Waals surface area contributed by atoms with E-state index in [1.807, 2.05) is 0 Å². The third kappa shape index (κ3) is 4.98. The van der Waals surface area contributed by atoms with E-state index in [1.165, 1.54) is 77.2 Å². The van der Waals surface area contributed by atoms with Gasteiger partial charge in [0, 0.05) is 12.6 Å². The zero-order valence-corrected chi connectivity index (χ0v) is 14.3. The second-order valence-corrected chi connectivity index (χ2v) is 8.54. The van der Waals surface area contributed by atoms with Crippen molar-refractivity contribution < 1.29 is 0 Å². The summed E-state index contributed by atoms with van der Waals surface area (Å²) >= 11 is 0. The molecule has 0 aromatic carbocycles. The van der Waals surface area contributed by atoms with Crippen molar-refractivity contribution in [1.82, 2.24) is 5.32 Å². The van der Waals surface area contributed by atoms with Gasteiger partial charge in [-0.2, -0.15) is 0 Å². The Hall–Kier alpha value is -0.0400. The average Bonchev–Trinajstić information content (AvgIpc) is 3.40. The highest BCUT2D eigenvalue weighted by atomic mass is 15.0.